The molecule has 0 unspecified atom stereocenters. The summed E-state index contributed by atoms with van der Waals surface area (Å²) in [6, 6.07) is 0. The Hall–Kier alpha value is -0.980. The monoisotopic (exact) mass is 270 g/mol. The lowest BCUT2D eigenvalue weighted by atomic mass is 10.1. The number of carboxylic acids is 1. The number of carboxylic acid groups (broad SMARTS) is 1. The Morgan fingerprint density at radius 3 is 2.89 bits per heavy atom. The van der Waals surface area contributed by atoms with E-state index in [0.717, 1.165) is 43.2 Å². The van der Waals surface area contributed by atoms with Gasteiger partial charge in [0.1, 0.15) is 11.6 Å². The Kier molecular flexibility index (Phi) is 4.68. The molecule has 1 aliphatic heterocycles. The van der Waals surface area contributed by atoms with Gasteiger partial charge in [-0.2, -0.15) is 0 Å². The molecule has 0 atom stereocenters. The average Bonchev–Trinajstić information content (AvgIpc) is 2.74. The molecule has 1 saturated heterocycles. The highest BCUT2D eigenvalue weighted by atomic mass is 32.1. The standard InChI is InChI=1S/C12H18N2O3S/c1-9-8-18-11(13-9)6-14-4-2-10(3-5-14)17-7-12(15)16/h8,10H,2-7H2,1H3,(H,15,16). The third kappa shape index (κ3) is 4.04. The highest BCUT2D eigenvalue weighted by Gasteiger charge is 2.20. The van der Waals surface area contributed by atoms with Crippen molar-refractivity contribution in [2.45, 2.75) is 32.4 Å². The number of rotatable bonds is 5. The zero-order valence-corrected chi connectivity index (χ0v) is 11.3. The smallest absolute Gasteiger partial charge is 0.329 e. The van der Waals surface area contributed by atoms with Crippen molar-refractivity contribution in [3.8, 4) is 0 Å². The van der Waals surface area contributed by atoms with Gasteiger partial charge >= 0.3 is 5.97 Å². The van der Waals surface area contributed by atoms with Crippen LogP contribution in [0.15, 0.2) is 5.38 Å². The molecule has 100 valence electrons. The minimum absolute atomic E-state index is 0.0929. The fourth-order valence-electron chi connectivity index (χ4n) is 2.09. The molecule has 1 aliphatic rings. The molecule has 0 saturated carbocycles. The minimum Gasteiger partial charge on any atom is -0.480 e. The second kappa shape index (κ2) is 6.26. The second-order valence-electron chi connectivity index (χ2n) is 4.56. The van der Waals surface area contributed by atoms with Crippen LogP contribution >= 0.6 is 11.3 Å². The molecular formula is C12H18N2O3S. The second-order valence-corrected chi connectivity index (χ2v) is 5.51. The van der Waals surface area contributed by atoms with Crippen LogP contribution in [-0.2, 0) is 16.1 Å². The Bertz CT molecular complexity index is 400. The van der Waals surface area contributed by atoms with Gasteiger partial charge in [-0.05, 0) is 19.8 Å². The van der Waals surface area contributed by atoms with Crippen molar-refractivity contribution in [3.05, 3.63) is 16.1 Å². The molecule has 1 aromatic heterocycles. The highest BCUT2D eigenvalue weighted by molar-refractivity contribution is 7.09. The van der Waals surface area contributed by atoms with Gasteiger partial charge < -0.3 is 9.84 Å². The first-order chi connectivity index (χ1) is 8.63. The number of aromatic nitrogens is 1. The normalized spacial score (nSPS) is 18.1. The van der Waals surface area contributed by atoms with Gasteiger partial charge in [0.15, 0.2) is 0 Å². The number of nitrogens with zero attached hydrogens (tertiary/aromatic N) is 2. The first kappa shape index (κ1) is 13.5. The molecule has 0 aliphatic carbocycles. The molecule has 6 heteroatoms. The van der Waals surface area contributed by atoms with Crippen LogP contribution in [0.3, 0.4) is 0 Å². The summed E-state index contributed by atoms with van der Waals surface area (Å²) in [6.45, 7) is 4.61. The van der Waals surface area contributed by atoms with Crippen LogP contribution in [0, 0.1) is 6.92 Å². The van der Waals surface area contributed by atoms with Gasteiger partial charge in [0.2, 0.25) is 0 Å². The number of carbonyl (C=O) groups is 1. The van der Waals surface area contributed by atoms with Gasteiger partial charge in [-0.1, -0.05) is 0 Å². The van der Waals surface area contributed by atoms with Crippen LogP contribution in [0.5, 0.6) is 0 Å². The summed E-state index contributed by atoms with van der Waals surface area (Å²) in [5.74, 6) is -0.893. The molecular weight excluding hydrogens is 252 g/mol. The topological polar surface area (TPSA) is 62.7 Å². The van der Waals surface area contributed by atoms with E-state index >= 15 is 0 Å². The fraction of sp³-hybridized carbons (Fsp3) is 0.667. The molecule has 18 heavy (non-hydrogen) atoms. The number of thiazole rings is 1. The molecule has 0 aromatic carbocycles. The number of ether oxygens (including phenoxy) is 1. The quantitative estimate of drug-likeness (QED) is 0.879. The maximum Gasteiger partial charge on any atom is 0.329 e. The lowest BCUT2D eigenvalue weighted by molar-refractivity contribution is -0.145. The summed E-state index contributed by atoms with van der Waals surface area (Å²) < 4.78 is 5.31. The Balaban J connectivity index is 1.71. The first-order valence-electron chi connectivity index (χ1n) is 6.10. The van der Waals surface area contributed by atoms with Crippen molar-refractivity contribution < 1.29 is 14.6 Å². The van der Waals surface area contributed by atoms with E-state index in [0.29, 0.717) is 0 Å². The van der Waals surface area contributed by atoms with Crippen LogP contribution in [0.4, 0.5) is 0 Å². The maximum absolute atomic E-state index is 10.4. The molecule has 5 nitrogen and oxygen atoms in total. The molecule has 2 heterocycles. The van der Waals surface area contributed by atoms with Crippen LogP contribution in [0.1, 0.15) is 23.5 Å². The number of piperidine rings is 1. The zero-order valence-electron chi connectivity index (χ0n) is 10.5. The minimum atomic E-state index is -0.893. The molecule has 1 N–H and O–H groups in total. The molecule has 2 rings (SSSR count). The van der Waals surface area contributed by atoms with Gasteiger partial charge in [-0.3, -0.25) is 4.90 Å². The zero-order chi connectivity index (χ0) is 13.0. The van der Waals surface area contributed by atoms with Crippen molar-refractivity contribution in [3.63, 3.8) is 0 Å². The SMILES string of the molecule is Cc1csc(CN2CCC(OCC(=O)O)CC2)n1. The van der Waals surface area contributed by atoms with Crippen molar-refractivity contribution >= 4 is 17.3 Å². The number of hydrogen-bond donors (Lipinski definition) is 1. The maximum atomic E-state index is 10.4. The number of aryl methyl sites for hydroxylation is 1. The predicted octanol–water partition coefficient (Wildman–Crippen LogP) is 1.52. The van der Waals surface area contributed by atoms with Gasteiger partial charge in [-0.25, -0.2) is 9.78 Å². The van der Waals surface area contributed by atoms with E-state index in [1.54, 1.807) is 11.3 Å². The van der Waals surface area contributed by atoms with E-state index in [2.05, 4.69) is 15.3 Å². The van der Waals surface area contributed by atoms with Gasteiger partial charge in [0.25, 0.3) is 0 Å². The van der Waals surface area contributed by atoms with Crippen LogP contribution in [-0.4, -0.2) is 46.8 Å². The Morgan fingerprint density at radius 1 is 1.61 bits per heavy atom. The summed E-state index contributed by atoms with van der Waals surface area (Å²) >= 11 is 1.70. The lowest BCUT2D eigenvalue weighted by Crippen LogP contribution is -2.37. The van der Waals surface area contributed by atoms with E-state index in [-0.39, 0.29) is 12.7 Å². The Labute approximate surface area is 110 Å². The van der Waals surface area contributed by atoms with Crippen LogP contribution in [0.25, 0.3) is 0 Å². The van der Waals surface area contributed by atoms with Crippen molar-refractivity contribution in [1.82, 2.24) is 9.88 Å². The van der Waals surface area contributed by atoms with Crippen molar-refractivity contribution in [2.24, 2.45) is 0 Å². The van der Waals surface area contributed by atoms with Gasteiger partial charge in [-0.15, -0.1) is 11.3 Å². The number of aliphatic carboxylic acids is 1. The number of likely N-dealkylation sites (tertiary alicyclic amines) is 1. The molecule has 0 radical (unpaired) electrons. The average molecular weight is 270 g/mol. The van der Waals surface area contributed by atoms with E-state index in [1.165, 1.54) is 0 Å². The molecule has 0 bridgehead atoms. The summed E-state index contributed by atoms with van der Waals surface area (Å²) in [7, 11) is 0. The highest BCUT2D eigenvalue weighted by Crippen LogP contribution is 2.18. The predicted molar refractivity (Wildman–Crippen MR) is 68.7 cm³/mol. The largest absolute Gasteiger partial charge is 0.480 e. The van der Waals surface area contributed by atoms with Crippen LogP contribution in [0.2, 0.25) is 0 Å². The summed E-state index contributed by atoms with van der Waals surface area (Å²) in [6.07, 6.45) is 1.89. The third-order valence-corrected chi connectivity index (χ3v) is 3.95. The van der Waals surface area contributed by atoms with Crippen LogP contribution < -0.4 is 0 Å². The first-order valence-corrected chi connectivity index (χ1v) is 6.98. The molecule has 1 fully saturated rings. The molecule has 0 spiro atoms. The molecule has 0 amide bonds. The Morgan fingerprint density at radius 2 is 2.33 bits per heavy atom. The van der Waals surface area contributed by atoms with Crippen molar-refractivity contribution in [1.29, 1.82) is 0 Å². The number of hydrogen-bond acceptors (Lipinski definition) is 5. The van der Waals surface area contributed by atoms with E-state index in [1.807, 2.05) is 6.92 Å². The lowest BCUT2D eigenvalue weighted by Gasteiger charge is -2.30. The molecule has 1 aromatic rings. The summed E-state index contributed by atoms with van der Waals surface area (Å²) in [5, 5.41) is 11.8. The van der Waals surface area contributed by atoms with E-state index < -0.39 is 5.97 Å². The van der Waals surface area contributed by atoms with Crippen molar-refractivity contribution in [2.75, 3.05) is 19.7 Å². The fourth-order valence-corrected chi connectivity index (χ4v) is 2.90. The van der Waals surface area contributed by atoms with Gasteiger partial charge in [0.05, 0.1) is 12.6 Å². The summed E-state index contributed by atoms with van der Waals surface area (Å²) in [4.78, 5) is 17.2. The third-order valence-electron chi connectivity index (χ3n) is 3.00. The van der Waals surface area contributed by atoms with E-state index in [4.69, 9.17) is 9.84 Å². The summed E-state index contributed by atoms with van der Waals surface area (Å²) in [5.41, 5.74) is 1.08. The van der Waals surface area contributed by atoms with Gasteiger partial charge in [0, 0.05) is 24.2 Å². The van der Waals surface area contributed by atoms with E-state index in [9.17, 15) is 4.79 Å².